The molecule has 1 aromatic carbocycles. The number of likely N-dealkylation sites (tertiary alicyclic amines) is 1. The molecule has 0 saturated carbocycles. The number of hydrogen-bond acceptors (Lipinski definition) is 4. The van der Waals surface area contributed by atoms with Gasteiger partial charge in [0.05, 0.1) is 11.7 Å². The number of carbonyl (C=O) groups excluding carboxylic acids is 1. The zero-order valence-electron chi connectivity index (χ0n) is 15.9. The number of rotatable bonds is 6. The Bertz CT molecular complexity index is 795. The second-order valence-electron chi connectivity index (χ2n) is 7.27. The Labute approximate surface area is 163 Å². The average molecular weight is 394 g/mol. The van der Waals surface area contributed by atoms with Crippen LogP contribution in [0.3, 0.4) is 0 Å². The molecule has 1 aliphatic rings. The van der Waals surface area contributed by atoms with Crippen molar-refractivity contribution < 1.29 is 13.7 Å². The first-order chi connectivity index (χ1) is 12.9. The maximum Gasteiger partial charge on any atom is 0.256 e. The fraction of sp³-hybridized carbons (Fsp3) is 0.500. The van der Waals surface area contributed by atoms with Crippen LogP contribution in [0.5, 0.6) is 0 Å². The zero-order chi connectivity index (χ0) is 19.6. The summed E-state index contributed by atoms with van der Waals surface area (Å²) in [5, 5.41) is 7.25. The summed E-state index contributed by atoms with van der Waals surface area (Å²) in [6.07, 6.45) is 2.11. The monoisotopic (exact) mass is 393 g/mol. The number of aromatic nitrogens is 1. The van der Waals surface area contributed by atoms with Gasteiger partial charge in [0.15, 0.2) is 5.76 Å². The number of amides is 1. The van der Waals surface area contributed by atoms with Gasteiger partial charge in [-0.05, 0) is 45.0 Å². The van der Waals surface area contributed by atoms with Gasteiger partial charge in [0, 0.05) is 23.0 Å². The summed E-state index contributed by atoms with van der Waals surface area (Å²) in [6.45, 7) is 7.62. The van der Waals surface area contributed by atoms with Gasteiger partial charge in [-0.25, -0.2) is 4.39 Å². The van der Waals surface area contributed by atoms with E-state index in [0.29, 0.717) is 27.6 Å². The number of aryl methyl sites for hydroxylation is 1. The van der Waals surface area contributed by atoms with E-state index in [4.69, 9.17) is 16.1 Å². The predicted octanol–water partition coefficient (Wildman–Crippen LogP) is 4.47. The van der Waals surface area contributed by atoms with Crippen LogP contribution >= 0.6 is 11.6 Å². The molecule has 2 aromatic rings. The largest absolute Gasteiger partial charge is 0.360 e. The summed E-state index contributed by atoms with van der Waals surface area (Å²) in [6, 6.07) is 4.38. The molecular formula is C20H25ClFN3O2. The van der Waals surface area contributed by atoms with E-state index in [9.17, 15) is 9.18 Å². The maximum atomic E-state index is 14.5. The van der Waals surface area contributed by atoms with E-state index < -0.39 is 0 Å². The van der Waals surface area contributed by atoms with Gasteiger partial charge < -0.3 is 9.84 Å². The molecule has 1 aromatic heterocycles. The molecule has 0 spiro atoms. The Balaban J connectivity index is 1.84. The van der Waals surface area contributed by atoms with Crippen molar-refractivity contribution in [3.63, 3.8) is 0 Å². The molecule has 0 bridgehead atoms. The third-order valence-electron chi connectivity index (χ3n) is 5.01. The molecule has 1 fully saturated rings. The quantitative estimate of drug-likeness (QED) is 0.786. The smallest absolute Gasteiger partial charge is 0.256 e. The summed E-state index contributed by atoms with van der Waals surface area (Å²) in [7, 11) is 0. The van der Waals surface area contributed by atoms with Gasteiger partial charge in [0.1, 0.15) is 11.4 Å². The van der Waals surface area contributed by atoms with Gasteiger partial charge in [-0.2, -0.15) is 0 Å². The summed E-state index contributed by atoms with van der Waals surface area (Å²) < 4.78 is 19.8. The first kappa shape index (κ1) is 19.8. The highest BCUT2D eigenvalue weighted by molar-refractivity contribution is 6.31. The SMILES string of the molecule is Cc1noc(C(C)C)c1C(=O)NCC(c1c(F)cccc1Cl)N1CCCC1. The lowest BCUT2D eigenvalue weighted by Gasteiger charge is -2.29. The third kappa shape index (κ3) is 4.17. The van der Waals surface area contributed by atoms with Crippen molar-refractivity contribution in [1.29, 1.82) is 0 Å². The molecule has 1 unspecified atom stereocenters. The van der Waals surface area contributed by atoms with Gasteiger partial charge >= 0.3 is 0 Å². The molecule has 7 heteroatoms. The van der Waals surface area contributed by atoms with Gasteiger partial charge in [0.2, 0.25) is 0 Å². The van der Waals surface area contributed by atoms with E-state index in [0.717, 1.165) is 25.9 Å². The Morgan fingerprint density at radius 3 is 2.70 bits per heavy atom. The molecule has 2 heterocycles. The Morgan fingerprint density at radius 1 is 1.37 bits per heavy atom. The molecule has 27 heavy (non-hydrogen) atoms. The van der Waals surface area contributed by atoms with E-state index in [1.165, 1.54) is 6.07 Å². The van der Waals surface area contributed by atoms with Crippen LogP contribution in [0.25, 0.3) is 0 Å². The summed E-state index contributed by atoms with van der Waals surface area (Å²) in [4.78, 5) is 15.0. The van der Waals surface area contributed by atoms with Gasteiger partial charge in [-0.3, -0.25) is 9.69 Å². The first-order valence-corrected chi connectivity index (χ1v) is 9.70. The fourth-order valence-corrected chi connectivity index (χ4v) is 3.92. The maximum absolute atomic E-state index is 14.5. The van der Waals surface area contributed by atoms with Crippen molar-refractivity contribution in [2.24, 2.45) is 0 Å². The number of hydrogen-bond donors (Lipinski definition) is 1. The molecule has 1 amide bonds. The highest BCUT2D eigenvalue weighted by atomic mass is 35.5. The Morgan fingerprint density at radius 2 is 2.07 bits per heavy atom. The topological polar surface area (TPSA) is 58.4 Å². The van der Waals surface area contributed by atoms with Crippen molar-refractivity contribution in [2.45, 2.75) is 45.6 Å². The van der Waals surface area contributed by atoms with Crippen molar-refractivity contribution in [2.75, 3.05) is 19.6 Å². The fourth-order valence-electron chi connectivity index (χ4n) is 3.63. The molecule has 1 N–H and O–H groups in total. The molecule has 1 saturated heterocycles. The lowest BCUT2D eigenvalue weighted by atomic mass is 10.0. The Kier molecular flexibility index (Phi) is 6.17. The molecule has 5 nitrogen and oxygen atoms in total. The van der Waals surface area contributed by atoms with Gasteiger partial charge in [-0.1, -0.05) is 36.7 Å². The van der Waals surface area contributed by atoms with Crippen molar-refractivity contribution in [1.82, 2.24) is 15.4 Å². The number of benzene rings is 1. The second kappa shape index (κ2) is 8.40. The molecule has 3 rings (SSSR count). The lowest BCUT2D eigenvalue weighted by molar-refractivity contribution is 0.0934. The first-order valence-electron chi connectivity index (χ1n) is 9.32. The number of nitrogens with one attached hydrogen (secondary N) is 1. The summed E-state index contributed by atoms with van der Waals surface area (Å²) >= 11 is 6.31. The highest BCUT2D eigenvalue weighted by Gasteiger charge is 2.29. The molecular weight excluding hydrogens is 369 g/mol. The van der Waals surface area contributed by atoms with E-state index in [2.05, 4.69) is 15.4 Å². The Hall–Kier alpha value is -1.92. The van der Waals surface area contributed by atoms with Crippen molar-refractivity contribution >= 4 is 17.5 Å². The van der Waals surface area contributed by atoms with Crippen LogP contribution in [0.1, 0.15) is 66.0 Å². The van der Waals surface area contributed by atoms with Crippen LogP contribution in [0.4, 0.5) is 4.39 Å². The van der Waals surface area contributed by atoms with Crippen LogP contribution < -0.4 is 5.32 Å². The molecule has 0 radical (unpaired) electrons. The number of halogens is 2. The van der Waals surface area contributed by atoms with E-state index in [1.54, 1.807) is 19.1 Å². The van der Waals surface area contributed by atoms with Crippen LogP contribution in [0, 0.1) is 12.7 Å². The lowest BCUT2D eigenvalue weighted by Crippen LogP contribution is -2.37. The third-order valence-corrected chi connectivity index (χ3v) is 5.34. The molecule has 0 aliphatic carbocycles. The van der Waals surface area contributed by atoms with Crippen LogP contribution in [0.15, 0.2) is 22.7 Å². The number of carbonyl (C=O) groups is 1. The highest BCUT2D eigenvalue weighted by Crippen LogP contribution is 2.32. The predicted molar refractivity (Wildman–Crippen MR) is 103 cm³/mol. The minimum atomic E-state index is -0.349. The summed E-state index contributed by atoms with van der Waals surface area (Å²) in [5.41, 5.74) is 1.45. The van der Waals surface area contributed by atoms with E-state index >= 15 is 0 Å². The van der Waals surface area contributed by atoms with Crippen molar-refractivity contribution in [3.05, 3.63) is 51.6 Å². The minimum absolute atomic E-state index is 0.0438. The van der Waals surface area contributed by atoms with Crippen LogP contribution in [0.2, 0.25) is 5.02 Å². The van der Waals surface area contributed by atoms with Gasteiger partial charge in [0.25, 0.3) is 5.91 Å². The van der Waals surface area contributed by atoms with Crippen molar-refractivity contribution in [3.8, 4) is 0 Å². The van der Waals surface area contributed by atoms with E-state index in [-0.39, 0.29) is 30.2 Å². The van der Waals surface area contributed by atoms with Crippen LogP contribution in [-0.4, -0.2) is 35.6 Å². The van der Waals surface area contributed by atoms with Gasteiger partial charge in [-0.15, -0.1) is 0 Å². The second-order valence-corrected chi connectivity index (χ2v) is 7.67. The average Bonchev–Trinajstić information content (AvgIpc) is 3.26. The molecule has 1 aliphatic heterocycles. The minimum Gasteiger partial charge on any atom is -0.360 e. The number of nitrogens with zero attached hydrogens (tertiary/aromatic N) is 2. The molecule has 1 atom stereocenters. The molecule has 146 valence electrons. The zero-order valence-corrected chi connectivity index (χ0v) is 16.6. The van der Waals surface area contributed by atoms with Crippen LogP contribution in [-0.2, 0) is 0 Å². The summed E-state index contributed by atoms with van der Waals surface area (Å²) in [5.74, 6) is 0.000716. The normalized spacial score (nSPS) is 16.1. The van der Waals surface area contributed by atoms with E-state index in [1.807, 2.05) is 13.8 Å². The standard InChI is InChI=1S/C20H25ClFN3O2/c1-12(2)19-17(13(3)24-27-19)20(26)23-11-16(25-9-4-5-10-25)18-14(21)7-6-8-15(18)22/h6-8,12,16H,4-5,9-11H2,1-3H3,(H,23,26).